The van der Waals surface area contributed by atoms with E-state index in [9.17, 15) is 36.3 Å². The number of sulfonamides is 1. The van der Waals surface area contributed by atoms with Gasteiger partial charge in [-0.3, -0.25) is 9.78 Å². The van der Waals surface area contributed by atoms with Crippen LogP contribution in [0.3, 0.4) is 0 Å². The van der Waals surface area contributed by atoms with Crippen molar-refractivity contribution in [3.8, 4) is 11.7 Å². The summed E-state index contributed by atoms with van der Waals surface area (Å²) in [7, 11) is -4.50. The quantitative estimate of drug-likeness (QED) is 0.116. The van der Waals surface area contributed by atoms with Gasteiger partial charge in [-0.2, -0.15) is 21.6 Å². The Bertz CT molecular complexity index is 2110. The first-order chi connectivity index (χ1) is 25.5. The molecule has 2 aliphatic rings. The van der Waals surface area contributed by atoms with Gasteiger partial charge in [-0.15, -0.1) is 5.10 Å². The largest absolute Gasteiger partial charge is 0.477 e. The zero-order valence-electron chi connectivity index (χ0n) is 29.3. The summed E-state index contributed by atoms with van der Waals surface area (Å²) in [6, 6.07) is 13.4. The normalized spacial score (nSPS) is 18.2. The third-order valence-corrected chi connectivity index (χ3v) is 11.3. The van der Waals surface area contributed by atoms with Crippen molar-refractivity contribution in [2.24, 2.45) is 11.3 Å². The summed E-state index contributed by atoms with van der Waals surface area (Å²) in [5.74, 6) is -0.538. The lowest BCUT2D eigenvalue weighted by molar-refractivity contribution is -0.190. The Morgan fingerprint density at radius 1 is 1.09 bits per heavy atom. The summed E-state index contributed by atoms with van der Waals surface area (Å²) in [6.07, 6.45) is -0.276. The second-order valence-electron chi connectivity index (χ2n) is 14.1. The molecule has 5 heterocycles. The molecule has 0 aromatic carbocycles. The van der Waals surface area contributed by atoms with Crippen LogP contribution in [0.4, 0.5) is 23.8 Å². The lowest BCUT2D eigenvalue weighted by Crippen LogP contribution is -2.41. The van der Waals surface area contributed by atoms with E-state index in [4.69, 9.17) is 16.3 Å². The van der Waals surface area contributed by atoms with Crippen molar-refractivity contribution in [1.29, 1.82) is 0 Å². The van der Waals surface area contributed by atoms with Crippen LogP contribution in [0.25, 0.3) is 5.82 Å². The molecular weight excluding hydrogens is 753 g/mol. The molecule has 0 bridgehead atoms. The molecule has 1 aliphatic heterocycles. The van der Waals surface area contributed by atoms with Gasteiger partial charge < -0.3 is 20.1 Å². The van der Waals surface area contributed by atoms with Gasteiger partial charge in [0, 0.05) is 30.5 Å². The van der Waals surface area contributed by atoms with Crippen molar-refractivity contribution < 1.29 is 41.0 Å². The zero-order chi connectivity index (χ0) is 38.9. The number of carbonyl (C=O) groups is 2. The third-order valence-electron chi connectivity index (χ3n) is 9.81. The van der Waals surface area contributed by atoms with Gasteiger partial charge in [-0.1, -0.05) is 23.7 Å². The van der Waals surface area contributed by atoms with E-state index in [1.165, 1.54) is 46.1 Å². The summed E-state index contributed by atoms with van der Waals surface area (Å²) in [4.78, 5) is 39.2. The van der Waals surface area contributed by atoms with Gasteiger partial charge in [0.1, 0.15) is 11.0 Å². The number of alkyl halides is 3. The first-order valence-corrected chi connectivity index (χ1v) is 19.0. The Labute approximate surface area is 314 Å². The van der Waals surface area contributed by atoms with Crippen LogP contribution in [-0.2, 0) is 10.0 Å². The number of aromatic nitrogens is 5. The van der Waals surface area contributed by atoms with Crippen LogP contribution in [-0.4, -0.2) is 80.0 Å². The zero-order valence-corrected chi connectivity index (χ0v) is 30.8. The van der Waals surface area contributed by atoms with Gasteiger partial charge in [0.05, 0.1) is 29.3 Å². The maximum absolute atomic E-state index is 13.3. The molecule has 2 fully saturated rings. The highest BCUT2D eigenvalue weighted by Crippen LogP contribution is 2.59. The number of rotatable bonds is 14. The molecular formula is C35H38ClF3N8O6S. The first kappa shape index (κ1) is 38.7. The van der Waals surface area contributed by atoms with Crippen LogP contribution in [0, 0.1) is 11.3 Å². The number of anilines is 1. The van der Waals surface area contributed by atoms with Crippen LogP contribution < -0.4 is 14.8 Å². The van der Waals surface area contributed by atoms with E-state index in [2.05, 4.69) is 25.4 Å². The molecule has 1 saturated carbocycles. The molecule has 288 valence electrons. The number of halogens is 4. The number of amides is 2. The Hall–Kier alpha value is -4.97. The molecule has 2 amide bonds. The monoisotopic (exact) mass is 790 g/mol. The van der Waals surface area contributed by atoms with Gasteiger partial charge in [0.25, 0.3) is 15.9 Å². The number of likely N-dealkylation sites (tertiary alicyclic amines) is 1. The van der Waals surface area contributed by atoms with Crippen molar-refractivity contribution in [1.82, 2.24) is 34.4 Å². The van der Waals surface area contributed by atoms with E-state index in [1.807, 2.05) is 30.7 Å². The van der Waals surface area contributed by atoms with Crippen molar-refractivity contribution >= 4 is 39.4 Å². The average molecular weight is 791 g/mol. The summed E-state index contributed by atoms with van der Waals surface area (Å²) < 4.78 is 74.9. The van der Waals surface area contributed by atoms with Gasteiger partial charge in [-0.25, -0.2) is 24.2 Å². The molecule has 14 nitrogen and oxygen atoms in total. The Kier molecular flexibility index (Phi) is 10.8. The molecule has 2 atom stereocenters. The summed E-state index contributed by atoms with van der Waals surface area (Å²) in [5.41, 5.74) is -1.76. The lowest BCUT2D eigenvalue weighted by atomic mass is 9.91. The molecule has 3 N–H and O–H groups in total. The fraction of sp³-hybridized carbons (Fsp3) is 0.429. The van der Waals surface area contributed by atoms with Gasteiger partial charge in [0.2, 0.25) is 5.88 Å². The highest BCUT2D eigenvalue weighted by atomic mass is 35.5. The van der Waals surface area contributed by atoms with Crippen molar-refractivity contribution in [2.45, 2.75) is 75.2 Å². The Morgan fingerprint density at radius 3 is 2.52 bits per heavy atom. The maximum atomic E-state index is 13.3. The molecule has 1 unspecified atom stereocenters. The third kappa shape index (κ3) is 8.70. The smallest absolute Gasteiger partial charge is 0.407 e. The first-order valence-electron chi connectivity index (χ1n) is 17.1. The molecule has 4 aromatic rings. The van der Waals surface area contributed by atoms with Gasteiger partial charge >= 0.3 is 12.3 Å². The van der Waals surface area contributed by atoms with E-state index in [-0.39, 0.29) is 60.0 Å². The topological polar surface area (TPSA) is 182 Å². The maximum Gasteiger partial charge on any atom is 0.407 e. The van der Waals surface area contributed by atoms with E-state index >= 15 is 0 Å². The number of pyridine rings is 3. The fourth-order valence-electron chi connectivity index (χ4n) is 6.66. The number of nitrogens with zero attached hydrogens (tertiary/aromatic N) is 6. The molecule has 0 radical (unpaired) electrons. The number of carbonyl (C=O) groups excluding carboxylic acids is 1. The fourth-order valence-corrected chi connectivity index (χ4v) is 7.83. The van der Waals surface area contributed by atoms with Crippen LogP contribution in [0.15, 0.2) is 72.0 Å². The van der Waals surface area contributed by atoms with E-state index in [0.29, 0.717) is 31.5 Å². The minimum Gasteiger partial charge on any atom is -0.477 e. The number of ether oxygens (including phenoxy) is 1. The molecule has 19 heteroatoms. The second kappa shape index (κ2) is 15.0. The standard InChI is InChI=1S/C35H38ClF3N8O6S/c1-33(2)20-22(21-46(33)32(49)50)9-11-25(24-6-3-4-17-40-24)41-26-7-5-8-29(42-26)54(51,52)45-31(48)23-10-12-27(43-30(23)36)47-18-13-28(44-47)53-19-16-34(14-15-34)35(37,38)39/h3-8,10,12-13,17-18,22,25H,9,11,14-16,19-21H2,1-2H3,(H,41,42)(H,45,48)(H,49,50)/t22-,25?/m0/s1. The Balaban J connectivity index is 1.09. The predicted molar refractivity (Wildman–Crippen MR) is 190 cm³/mol. The Morgan fingerprint density at radius 2 is 1.87 bits per heavy atom. The van der Waals surface area contributed by atoms with Crippen LogP contribution in [0.5, 0.6) is 5.88 Å². The summed E-state index contributed by atoms with van der Waals surface area (Å²) in [6.45, 7) is 4.03. The van der Waals surface area contributed by atoms with Crippen LogP contribution >= 0.6 is 11.6 Å². The van der Waals surface area contributed by atoms with Crippen molar-refractivity contribution in [3.05, 3.63) is 83.4 Å². The molecule has 4 aromatic heterocycles. The van der Waals surface area contributed by atoms with Gasteiger partial charge in [0.15, 0.2) is 10.8 Å². The molecule has 1 saturated heterocycles. The van der Waals surface area contributed by atoms with Gasteiger partial charge in [-0.05, 0) is 94.7 Å². The number of nitrogens with one attached hydrogen (secondary N) is 2. The minimum atomic E-state index is -4.50. The average Bonchev–Trinajstić information content (AvgIpc) is 3.66. The lowest BCUT2D eigenvalue weighted by Gasteiger charge is -2.28. The minimum absolute atomic E-state index is 0.0688. The van der Waals surface area contributed by atoms with E-state index < -0.39 is 50.2 Å². The van der Waals surface area contributed by atoms with E-state index in [1.54, 1.807) is 18.3 Å². The molecule has 54 heavy (non-hydrogen) atoms. The number of carboxylic acid groups (broad SMARTS) is 1. The van der Waals surface area contributed by atoms with E-state index in [0.717, 1.165) is 0 Å². The van der Waals surface area contributed by atoms with Crippen LogP contribution in [0.1, 0.15) is 74.5 Å². The molecule has 6 rings (SSSR count). The van der Waals surface area contributed by atoms with Crippen molar-refractivity contribution in [3.63, 3.8) is 0 Å². The highest BCUT2D eigenvalue weighted by molar-refractivity contribution is 7.90. The van der Waals surface area contributed by atoms with Crippen LogP contribution in [0.2, 0.25) is 5.15 Å². The number of hydrogen-bond donors (Lipinski definition) is 3. The SMILES string of the molecule is CC1(C)C[C@H](CCC(Nc2cccc(S(=O)(=O)NC(=O)c3ccc(-n4ccc(OCCC5(C(F)(F)F)CC5)n4)nc3Cl)n2)c2ccccn2)CN1C(=O)O. The predicted octanol–water partition coefficient (Wildman–Crippen LogP) is 6.65. The summed E-state index contributed by atoms with van der Waals surface area (Å²) in [5, 5.41) is 16.3. The van der Waals surface area contributed by atoms with Crippen molar-refractivity contribution in [2.75, 3.05) is 18.5 Å². The summed E-state index contributed by atoms with van der Waals surface area (Å²) >= 11 is 6.29. The second-order valence-corrected chi connectivity index (χ2v) is 16.1. The number of hydrogen-bond acceptors (Lipinski definition) is 10. The molecule has 1 aliphatic carbocycles. The highest BCUT2D eigenvalue weighted by Gasteiger charge is 2.62. The molecule has 0 spiro atoms.